The molecule has 0 spiro atoms. The number of anilines is 2. The minimum Gasteiger partial charge on any atom is -0.495 e. The fourth-order valence-corrected chi connectivity index (χ4v) is 3.03. The van der Waals surface area contributed by atoms with Crippen LogP contribution in [-0.4, -0.2) is 24.5 Å². The highest BCUT2D eigenvalue weighted by Gasteiger charge is 2.09. The van der Waals surface area contributed by atoms with E-state index in [-0.39, 0.29) is 5.91 Å². The fraction of sp³-hybridized carbons (Fsp3) is 0.182. The Labute approximate surface area is 169 Å². The van der Waals surface area contributed by atoms with Gasteiger partial charge < -0.3 is 15.4 Å². The molecule has 0 atom stereocenters. The summed E-state index contributed by atoms with van der Waals surface area (Å²) in [4.78, 5) is 16.8. The number of halogens is 1. The zero-order valence-electron chi connectivity index (χ0n) is 15.6. The molecule has 6 heteroatoms. The average Bonchev–Trinajstić information content (AvgIpc) is 2.72. The van der Waals surface area contributed by atoms with Crippen LogP contribution in [0.5, 0.6) is 5.75 Å². The lowest BCUT2D eigenvalue weighted by Gasteiger charge is -2.10. The number of methoxy groups -OCH3 is 1. The van der Waals surface area contributed by atoms with E-state index in [2.05, 4.69) is 27.8 Å². The van der Waals surface area contributed by atoms with Gasteiger partial charge in [0, 0.05) is 24.0 Å². The van der Waals surface area contributed by atoms with Crippen LogP contribution < -0.4 is 15.4 Å². The first-order valence-electron chi connectivity index (χ1n) is 9.04. The van der Waals surface area contributed by atoms with Crippen LogP contribution in [0, 0.1) is 0 Å². The molecular formula is C22H22ClN3O2. The first kappa shape index (κ1) is 19.7. The second kappa shape index (κ2) is 9.76. The van der Waals surface area contributed by atoms with Crippen molar-refractivity contribution in [2.75, 3.05) is 24.3 Å². The van der Waals surface area contributed by atoms with Gasteiger partial charge in [-0.3, -0.25) is 4.79 Å². The number of hydrogen-bond acceptors (Lipinski definition) is 4. The molecule has 0 aliphatic heterocycles. The Hall–Kier alpha value is -3.05. The molecule has 1 heterocycles. The van der Waals surface area contributed by atoms with Gasteiger partial charge in [-0.05, 0) is 48.7 Å². The number of carbonyl (C=O) groups excluding carboxylic acids is 1. The van der Waals surface area contributed by atoms with Gasteiger partial charge in [0.1, 0.15) is 11.6 Å². The molecule has 0 fully saturated rings. The highest BCUT2D eigenvalue weighted by molar-refractivity contribution is 6.32. The smallest absolute Gasteiger partial charge is 0.255 e. The van der Waals surface area contributed by atoms with E-state index < -0.39 is 0 Å². The van der Waals surface area contributed by atoms with Crippen LogP contribution in [0.2, 0.25) is 5.02 Å². The number of amides is 1. The van der Waals surface area contributed by atoms with E-state index in [1.54, 1.807) is 43.6 Å². The van der Waals surface area contributed by atoms with E-state index in [9.17, 15) is 4.79 Å². The van der Waals surface area contributed by atoms with Crippen molar-refractivity contribution >= 4 is 29.0 Å². The fourth-order valence-electron chi connectivity index (χ4n) is 2.77. The van der Waals surface area contributed by atoms with E-state index >= 15 is 0 Å². The summed E-state index contributed by atoms with van der Waals surface area (Å²) < 4.78 is 5.12. The topological polar surface area (TPSA) is 63.2 Å². The Kier molecular flexibility index (Phi) is 6.87. The molecule has 2 N–H and O–H groups in total. The first-order valence-corrected chi connectivity index (χ1v) is 9.42. The monoisotopic (exact) mass is 395 g/mol. The molecule has 0 bridgehead atoms. The second-order valence-electron chi connectivity index (χ2n) is 6.25. The van der Waals surface area contributed by atoms with Gasteiger partial charge >= 0.3 is 0 Å². The summed E-state index contributed by atoms with van der Waals surface area (Å²) in [5.41, 5.74) is 2.43. The van der Waals surface area contributed by atoms with Crippen LogP contribution in [0.3, 0.4) is 0 Å². The third-order valence-corrected chi connectivity index (χ3v) is 4.52. The van der Waals surface area contributed by atoms with E-state index in [1.807, 2.05) is 18.2 Å². The second-order valence-corrected chi connectivity index (χ2v) is 6.66. The number of benzene rings is 2. The van der Waals surface area contributed by atoms with E-state index in [4.69, 9.17) is 16.3 Å². The largest absolute Gasteiger partial charge is 0.495 e. The quantitative estimate of drug-likeness (QED) is 0.524. The number of aromatic nitrogens is 1. The average molecular weight is 396 g/mol. The Morgan fingerprint density at radius 3 is 2.68 bits per heavy atom. The van der Waals surface area contributed by atoms with Gasteiger partial charge in [0.05, 0.1) is 12.1 Å². The molecule has 5 nitrogen and oxygen atoms in total. The summed E-state index contributed by atoms with van der Waals surface area (Å²) in [7, 11) is 1.55. The molecular weight excluding hydrogens is 374 g/mol. The maximum atomic E-state index is 12.5. The van der Waals surface area contributed by atoms with Gasteiger partial charge in [-0.25, -0.2) is 4.98 Å². The molecule has 1 aromatic heterocycles. The van der Waals surface area contributed by atoms with E-state index in [0.29, 0.717) is 27.8 Å². The van der Waals surface area contributed by atoms with Crippen molar-refractivity contribution in [1.82, 2.24) is 4.98 Å². The predicted molar refractivity (Wildman–Crippen MR) is 113 cm³/mol. The van der Waals surface area contributed by atoms with Crippen molar-refractivity contribution in [1.29, 1.82) is 0 Å². The maximum Gasteiger partial charge on any atom is 0.255 e. The SMILES string of the molecule is COc1ccc(NC(=O)c2ccnc(NCCCc3ccccc3)c2)cc1Cl. The molecule has 2 aromatic carbocycles. The lowest BCUT2D eigenvalue weighted by Crippen LogP contribution is -2.13. The molecule has 0 saturated carbocycles. The summed E-state index contributed by atoms with van der Waals surface area (Å²) >= 11 is 6.10. The van der Waals surface area contributed by atoms with Crippen LogP contribution in [0.25, 0.3) is 0 Å². The zero-order chi connectivity index (χ0) is 19.8. The number of pyridine rings is 1. The maximum absolute atomic E-state index is 12.5. The Balaban J connectivity index is 1.54. The van der Waals surface area contributed by atoms with Crippen LogP contribution in [0.1, 0.15) is 22.3 Å². The standard InChI is InChI=1S/C22H22ClN3O2/c1-28-20-10-9-18(15-19(20)23)26-22(27)17-11-13-25-21(14-17)24-12-5-8-16-6-3-2-4-7-16/h2-4,6-7,9-11,13-15H,5,8,12H2,1H3,(H,24,25)(H,26,27). The number of rotatable bonds is 8. The lowest BCUT2D eigenvalue weighted by atomic mass is 10.1. The van der Waals surface area contributed by atoms with E-state index in [1.165, 1.54) is 5.56 Å². The highest BCUT2D eigenvalue weighted by Crippen LogP contribution is 2.27. The van der Waals surface area contributed by atoms with Crippen LogP contribution in [0.15, 0.2) is 66.9 Å². The van der Waals surface area contributed by atoms with Gasteiger partial charge in [-0.2, -0.15) is 0 Å². The lowest BCUT2D eigenvalue weighted by molar-refractivity contribution is 0.102. The number of ether oxygens (including phenoxy) is 1. The third-order valence-electron chi connectivity index (χ3n) is 4.22. The van der Waals surface area contributed by atoms with Crippen LogP contribution >= 0.6 is 11.6 Å². The van der Waals surface area contributed by atoms with Gasteiger partial charge in [-0.1, -0.05) is 41.9 Å². The van der Waals surface area contributed by atoms with Crippen molar-refractivity contribution in [3.05, 3.63) is 83.0 Å². The van der Waals surface area contributed by atoms with Gasteiger partial charge in [0.2, 0.25) is 0 Å². The molecule has 1 amide bonds. The van der Waals surface area contributed by atoms with E-state index in [0.717, 1.165) is 19.4 Å². The predicted octanol–water partition coefficient (Wildman–Crippen LogP) is 5.04. The van der Waals surface area contributed by atoms with Gasteiger partial charge in [-0.15, -0.1) is 0 Å². The summed E-state index contributed by atoms with van der Waals surface area (Å²) in [6.45, 7) is 0.779. The Morgan fingerprint density at radius 2 is 1.93 bits per heavy atom. The summed E-state index contributed by atoms with van der Waals surface area (Å²) in [5, 5.41) is 6.54. The number of hydrogen-bond donors (Lipinski definition) is 2. The summed E-state index contributed by atoms with van der Waals surface area (Å²) in [5.74, 6) is 1.01. The van der Waals surface area contributed by atoms with Crippen LogP contribution in [-0.2, 0) is 6.42 Å². The summed E-state index contributed by atoms with van der Waals surface area (Å²) in [6.07, 6.45) is 3.59. The molecule has 0 saturated heterocycles. The zero-order valence-corrected chi connectivity index (χ0v) is 16.4. The van der Waals surface area contributed by atoms with Crippen LogP contribution in [0.4, 0.5) is 11.5 Å². The van der Waals surface area contributed by atoms with Crippen molar-refractivity contribution in [3.63, 3.8) is 0 Å². The molecule has 144 valence electrons. The molecule has 3 aromatic rings. The molecule has 0 aliphatic rings. The molecule has 0 aliphatic carbocycles. The van der Waals surface area contributed by atoms with Crippen molar-refractivity contribution in [3.8, 4) is 5.75 Å². The number of carbonyl (C=O) groups is 1. The minimum absolute atomic E-state index is 0.226. The number of aryl methyl sites for hydroxylation is 1. The number of nitrogens with one attached hydrogen (secondary N) is 2. The van der Waals surface area contributed by atoms with Crippen molar-refractivity contribution in [2.24, 2.45) is 0 Å². The minimum atomic E-state index is -0.226. The molecule has 28 heavy (non-hydrogen) atoms. The highest BCUT2D eigenvalue weighted by atomic mass is 35.5. The molecule has 0 unspecified atom stereocenters. The van der Waals surface area contributed by atoms with Crippen molar-refractivity contribution < 1.29 is 9.53 Å². The number of nitrogens with zero attached hydrogens (tertiary/aromatic N) is 1. The van der Waals surface area contributed by atoms with Crippen molar-refractivity contribution in [2.45, 2.75) is 12.8 Å². The van der Waals surface area contributed by atoms with Gasteiger partial charge in [0.25, 0.3) is 5.91 Å². The normalized spacial score (nSPS) is 10.4. The molecule has 3 rings (SSSR count). The Bertz CT molecular complexity index is 932. The third kappa shape index (κ3) is 5.47. The molecule has 0 radical (unpaired) electrons. The Morgan fingerprint density at radius 1 is 1.11 bits per heavy atom. The van der Waals surface area contributed by atoms with Gasteiger partial charge in [0.15, 0.2) is 0 Å². The first-order chi connectivity index (χ1) is 13.7. The summed E-state index contributed by atoms with van der Waals surface area (Å²) in [6, 6.07) is 18.9.